The second kappa shape index (κ2) is 4.89. The van der Waals surface area contributed by atoms with Crippen LogP contribution in [0.5, 0.6) is 0 Å². The number of rotatable bonds is 3. The fourth-order valence-corrected chi connectivity index (χ4v) is 2.74. The summed E-state index contributed by atoms with van der Waals surface area (Å²) in [6.07, 6.45) is 7.80. The SMILES string of the molecule is CCCn1c(C2CCCCC2)nc(C)c1N. The molecular weight excluding hydrogens is 198 g/mol. The zero-order valence-electron chi connectivity index (χ0n) is 10.5. The van der Waals surface area contributed by atoms with E-state index < -0.39 is 0 Å². The van der Waals surface area contributed by atoms with Gasteiger partial charge in [-0.15, -0.1) is 0 Å². The van der Waals surface area contributed by atoms with Gasteiger partial charge in [0.15, 0.2) is 0 Å². The van der Waals surface area contributed by atoms with Crippen LogP contribution in [0.4, 0.5) is 5.82 Å². The topological polar surface area (TPSA) is 43.8 Å². The van der Waals surface area contributed by atoms with Gasteiger partial charge in [-0.25, -0.2) is 4.98 Å². The molecule has 0 bridgehead atoms. The summed E-state index contributed by atoms with van der Waals surface area (Å²) in [4.78, 5) is 4.69. The van der Waals surface area contributed by atoms with Crippen LogP contribution in [0.1, 0.15) is 62.9 Å². The van der Waals surface area contributed by atoms with E-state index in [0.717, 1.165) is 24.5 Å². The Hall–Kier alpha value is -0.990. The van der Waals surface area contributed by atoms with E-state index in [1.54, 1.807) is 0 Å². The molecule has 2 rings (SSSR count). The third-order valence-corrected chi connectivity index (χ3v) is 3.64. The highest BCUT2D eigenvalue weighted by Crippen LogP contribution is 2.33. The van der Waals surface area contributed by atoms with Gasteiger partial charge < -0.3 is 10.3 Å². The van der Waals surface area contributed by atoms with Crippen LogP contribution in [-0.4, -0.2) is 9.55 Å². The Morgan fingerprint density at radius 2 is 2.00 bits per heavy atom. The van der Waals surface area contributed by atoms with Crippen molar-refractivity contribution in [3.63, 3.8) is 0 Å². The van der Waals surface area contributed by atoms with Crippen LogP contribution in [-0.2, 0) is 6.54 Å². The van der Waals surface area contributed by atoms with Gasteiger partial charge in [0.2, 0.25) is 0 Å². The number of hydrogen-bond donors (Lipinski definition) is 1. The van der Waals surface area contributed by atoms with E-state index in [9.17, 15) is 0 Å². The van der Waals surface area contributed by atoms with E-state index in [4.69, 9.17) is 10.7 Å². The summed E-state index contributed by atoms with van der Waals surface area (Å²) in [5.74, 6) is 2.77. The van der Waals surface area contributed by atoms with Crippen molar-refractivity contribution in [3.8, 4) is 0 Å². The molecule has 0 spiro atoms. The van der Waals surface area contributed by atoms with E-state index in [-0.39, 0.29) is 0 Å². The molecular formula is C13H23N3. The minimum absolute atomic E-state index is 0.649. The Kier molecular flexibility index (Phi) is 3.52. The maximum atomic E-state index is 6.10. The number of anilines is 1. The van der Waals surface area contributed by atoms with Crippen molar-refractivity contribution in [1.82, 2.24) is 9.55 Å². The Balaban J connectivity index is 2.27. The lowest BCUT2D eigenvalue weighted by atomic mass is 9.88. The van der Waals surface area contributed by atoms with Crippen molar-refractivity contribution < 1.29 is 0 Å². The van der Waals surface area contributed by atoms with Gasteiger partial charge in [-0.1, -0.05) is 26.2 Å². The first-order chi connectivity index (χ1) is 7.74. The molecule has 0 amide bonds. The molecule has 0 aromatic carbocycles. The second-order valence-corrected chi connectivity index (χ2v) is 4.93. The lowest BCUT2D eigenvalue weighted by Crippen LogP contribution is -2.13. The molecule has 0 aliphatic heterocycles. The molecule has 1 aliphatic carbocycles. The summed E-state index contributed by atoms with van der Waals surface area (Å²) in [5.41, 5.74) is 7.10. The van der Waals surface area contributed by atoms with Crippen LogP contribution in [0, 0.1) is 6.92 Å². The number of imidazole rings is 1. The maximum Gasteiger partial charge on any atom is 0.126 e. The van der Waals surface area contributed by atoms with Crippen LogP contribution in [0.15, 0.2) is 0 Å². The third kappa shape index (κ3) is 2.08. The van der Waals surface area contributed by atoms with E-state index in [1.807, 2.05) is 6.92 Å². The largest absolute Gasteiger partial charge is 0.384 e. The molecule has 0 radical (unpaired) electrons. The number of nitrogens with two attached hydrogens (primary N) is 1. The zero-order valence-corrected chi connectivity index (χ0v) is 10.5. The Bertz CT molecular complexity index is 348. The van der Waals surface area contributed by atoms with Crippen molar-refractivity contribution in [2.75, 3.05) is 5.73 Å². The van der Waals surface area contributed by atoms with Gasteiger partial charge in [0, 0.05) is 12.5 Å². The fourth-order valence-electron chi connectivity index (χ4n) is 2.74. The standard InChI is InChI=1S/C13H23N3/c1-3-9-16-12(14)10(2)15-13(16)11-7-5-4-6-8-11/h11H,3-9,14H2,1-2H3. The summed E-state index contributed by atoms with van der Waals surface area (Å²) < 4.78 is 2.24. The van der Waals surface area contributed by atoms with Crippen LogP contribution in [0.25, 0.3) is 0 Å². The van der Waals surface area contributed by atoms with Crippen molar-refractivity contribution in [1.29, 1.82) is 0 Å². The Morgan fingerprint density at radius 3 is 2.62 bits per heavy atom. The predicted octanol–water partition coefficient (Wildman–Crippen LogP) is 3.23. The first-order valence-electron chi connectivity index (χ1n) is 6.56. The Morgan fingerprint density at radius 1 is 1.31 bits per heavy atom. The van der Waals surface area contributed by atoms with Crippen LogP contribution in [0.3, 0.4) is 0 Å². The van der Waals surface area contributed by atoms with Crippen molar-refractivity contribution >= 4 is 5.82 Å². The average molecular weight is 221 g/mol. The summed E-state index contributed by atoms with van der Waals surface area (Å²) in [7, 11) is 0. The van der Waals surface area contributed by atoms with Gasteiger partial charge in [-0.2, -0.15) is 0 Å². The highest BCUT2D eigenvalue weighted by molar-refractivity contribution is 5.38. The molecule has 1 aromatic heterocycles. The third-order valence-electron chi connectivity index (χ3n) is 3.64. The molecule has 3 heteroatoms. The molecule has 1 heterocycles. The molecule has 0 unspecified atom stereocenters. The van der Waals surface area contributed by atoms with Crippen molar-refractivity contribution in [3.05, 3.63) is 11.5 Å². The summed E-state index contributed by atoms with van der Waals surface area (Å²) >= 11 is 0. The van der Waals surface area contributed by atoms with Crippen molar-refractivity contribution in [2.24, 2.45) is 0 Å². The molecule has 1 fully saturated rings. The zero-order chi connectivity index (χ0) is 11.5. The smallest absolute Gasteiger partial charge is 0.126 e. The van der Waals surface area contributed by atoms with E-state index in [2.05, 4.69) is 11.5 Å². The number of nitrogen functional groups attached to an aromatic ring is 1. The van der Waals surface area contributed by atoms with Gasteiger partial charge in [-0.3, -0.25) is 0 Å². The highest BCUT2D eigenvalue weighted by Gasteiger charge is 2.22. The average Bonchev–Trinajstić information content (AvgIpc) is 2.59. The predicted molar refractivity (Wildman–Crippen MR) is 67.5 cm³/mol. The molecule has 1 saturated carbocycles. The lowest BCUT2D eigenvalue weighted by Gasteiger charge is -2.22. The van der Waals surface area contributed by atoms with Crippen LogP contribution < -0.4 is 5.73 Å². The van der Waals surface area contributed by atoms with Gasteiger partial charge in [-0.05, 0) is 26.2 Å². The first kappa shape index (κ1) is 11.5. The van der Waals surface area contributed by atoms with Gasteiger partial charge in [0.25, 0.3) is 0 Å². The molecule has 1 aromatic rings. The molecule has 0 atom stereocenters. The normalized spacial score (nSPS) is 17.9. The van der Waals surface area contributed by atoms with Crippen LogP contribution >= 0.6 is 0 Å². The monoisotopic (exact) mass is 221 g/mol. The molecule has 16 heavy (non-hydrogen) atoms. The number of nitrogens with zero attached hydrogens (tertiary/aromatic N) is 2. The number of hydrogen-bond acceptors (Lipinski definition) is 2. The van der Waals surface area contributed by atoms with Gasteiger partial charge in [0.05, 0.1) is 5.69 Å². The fraction of sp³-hybridized carbons (Fsp3) is 0.769. The maximum absolute atomic E-state index is 6.10. The summed E-state index contributed by atoms with van der Waals surface area (Å²) in [6, 6.07) is 0. The minimum Gasteiger partial charge on any atom is -0.384 e. The second-order valence-electron chi connectivity index (χ2n) is 4.93. The van der Waals surface area contributed by atoms with Gasteiger partial charge in [0.1, 0.15) is 11.6 Å². The molecule has 0 saturated heterocycles. The minimum atomic E-state index is 0.649. The van der Waals surface area contributed by atoms with E-state index >= 15 is 0 Å². The van der Waals surface area contributed by atoms with Crippen molar-refractivity contribution in [2.45, 2.75) is 64.8 Å². The molecule has 90 valence electrons. The number of aryl methyl sites for hydroxylation is 1. The number of aromatic nitrogens is 2. The summed E-state index contributed by atoms with van der Waals surface area (Å²) in [6.45, 7) is 5.23. The lowest BCUT2D eigenvalue weighted by molar-refractivity contribution is 0.415. The van der Waals surface area contributed by atoms with E-state index in [0.29, 0.717) is 5.92 Å². The highest BCUT2D eigenvalue weighted by atomic mass is 15.1. The Labute approximate surface area is 98.1 Å². The van der Waals surface area contributed by atoms with Gasteiger partial charge >= 0.3 is 0 Å². The van der Waals surface area contributed by atoms with Crippen LogP contribution in [0.2, 0.25) is 0 Å². The first-order valence-corrected chi connectivity index (χ1v) is 6.56. The summed E-state index contributed by atoms with van der Waals surface area (Å²) in [5, 5.41) is 0. The quantitative estimate of drug-likeness (QED) is 0.851. The molecule has 2 N–H and O–H groups in total. The molecule has 1 aliphatic rings. The molecule has 3 nitrogen and oxygen atoms in total. The van der Waals surface area contributed by atoms with E-state index in [1.165, 1.54) is 37.9 Å².